The fourth-order valence-electron chi connectivity index (χ4n) is 3.18. The Morgan fingerprint density at radius 1 is 1.38 bits per heavy atom. The van der Waals surface area contributed by atoms with E-state index in [1.54, 1.807) is 25.4 Å². The third-order valence-electron chi connectivity index (χ3n) is 4.30. The molecule has 6 nitrogen and oxygen atoms in total. The van der Waals surface area contributed by atoms with Gasteiger partial charge in [0.25, 0.3) is 0 Å². The highest BCUT2D eigenvalue weighted by molar-refractivity contribution is 5.70. The van der Waals surface area contributed by atoms with Gasteiger partial charge in [0.1, 0.15) is 5.75 Å². The molecule has 2 heterocycles. The van der Waals surface area contributed by atoms with E-state index in [0.29, 0.717) is 29.5 Å². The van der Waals surface area contributed by atoms with Crippen LogP contribution < -0.4 is 14.8 Å². The van der Waals surface area contributed by atoms with Gasteiger partial charge in [-0.15, -0.1) is 0 Å². The lowest BCUT2D eigenvalue weighted by molar-refractivity contribution is 0.322. The normalized spacial score (nSPS) is 15.3. The Balaban J connectivity index is 2.30. The van der Waals surface area contributed by atoms with Crippen LogP contribution in [0.1, 0.15) is 36.5 Å². The van der Waals surface area contributed by atoms with Crippen molar-refractivity contribution in [2.75, 3.05) is 19.0 Å². The van der Waals surface area contributed by atoms with Crippen LogP contribution in [0.3, 0.4) is 0 Å². The number of nitrogens with one attached hydrogen (secondary N) is 1. The first kappa shape index (κ1) is 17.3. The molecule has 0 radical (unpaired) electrons. The predicted octanol–water partition coefficient (Wildman–Crippen LogP) is 4.07. The smallest absolute Gasteiger partial charge is 0.218 e. The van der Waals surface area contributed by atoms with Crippen LogP contribution >= 0.6 is 0 Å². The average Bonchev–Trinajstić information content (AvgIpc) is 2.66. The van der Waals surface area contributed by atoms with E-state index in [4.69, 9.17) is 21.3 Å². The molecule has 1 aliphatic heterocycles. The minimum absolute atomic E-state index is 0.387. The molecule has 0 bridgehead atoms. The lowest BCUT2D eigenvalue weighted by atomic mass is 9.84. The molecule has 1 aliphatic rings. The molecule has 0 spiro atoms. The van der Waals surface area contributed by atoms with Gasteiger partial charge in [-0.1, -0.05) is 6.07 Å². The van der Waals surface area contributed by atoms with Crippen molar-refractivity contribution in [2.45, 2.75) is 19.8 Å². The van der Waals surface area contributed by atoms with Crippen molar-refractivity contribution < 1.29 is 9.47 Å². The highest BCUT2D eigenvalue weighted by atomic mass is 16.5. The van der Waals surface area contributed by atoms with Crippen molar-refractivity contribution in [1.82, 2.24) is 4.98 Å². The minimum atomic E-state index is -0.387. The Hall–Kier alpha value is -3.51. The van der Waals surface area contributed by atoms with Gasteiger partial charge in [0.05, 0.1) is 37.8 Å². The largest absolute Gasteiger partial charge is 0.496 e. The average molecular weight is 346 g/mol. The number of hydrogen-bond donors (Lipinski definition) is 1. The van der Waals surface area contributed by atoms with E-state index in [9.17, 15) is 0 Å². The summed E-state index contributed by atoms with van der Waals surface area (Å²) in [4.78, 5) is 8.13. The number of aromatic nitrogens is 1. The summed E-state index contributed by atoms with van der Waals surface area (Å²) in [6, 6.07) is 9.23. The fraction of sp³-hybridized carbons (Fsp3) is 0.250. The highest BCUT2D eigenvalue weighted by Gasteiger charge is 2.34. The van der Waals surface area contributed by atoms with Crippen molar-refractivity contribution in [2.24, 2.45) is 0 Å². The topological polar surface area (TPSA) is 71.5 Å². The van der Waals surface area contributed by atoms with Crippen molar-refractivity contribution in [1.29, 1.82) is 5.26 Å². The highest BCUT2D eigenvalue weighted by Crippen LogP contribution is 2.48. The van der Waals surface area contributed by atoms with E-state index in [0.717, 1.165) is 22.5 Å². The van der Waals surface area contributed by atoms with Crippen LogP contribution in [-0.2, 0) is 0 Å². The zero-order valence-electron chi connectivity index (χ0n) is 14.8. The summed E-state index contributed by atoms with van der Waals surface area (Å²) in [5, 5.41) is 12.4. The van der Waals surface area contributed by atoms with Crippen LogP contribution in [0.15, 0.2) is 41.9 Å². The Kier molecular flexibility index (Phi) is 4.77. The van der Waals surface area contributed by atoms with Crippen LogP contribution in [0.25, 0.3) is 4.85 Å². The van der Waals surface area contributed by atoms with Crippen LogP contribution in [0.5, 0.6) is 11.6 Å². The third kappa shape index (κ3) is 2.82. The molecule has 6 heteroatoms. The molecule has 1 atom stereocenters. The number of rotatable bonds is 4. The van der Waals surface area contributed by atoms with Gasteiger partial charge in [-0.2, -0.15) is 5.26 Å². The monoisotopic (exact) mass is 346 g/mol. The second-order valence-electron chi connectivity index (χ2n) is 5.76. The van der Waals surface area contributed by atoms with Crippen molar-refractivity contribution in [3.8, 4) is 17.7 Å². The molecule has 0 fully saturated rings. The van der Waals surface area contributed by atoms with E-state index in [1.807, 2.05) is 26.0 Å². The number of methoxy groups -OCH3 is 1. The molecule has 0 saturated heterocycles. The first-order valence-electron chi connectivity index (χ1n) is 8.19. The molecule has 0 saturated carbocycles. The lowest BCUT2D eigenvalue weighted by Gasteiger charge is -2.29. The zero-order chi connectivity index (χ0) is 18.7. The first-order valence-corrected chi connectivity index (χ1v) is 8.19. The minimum Gasteiger partial charge on any atom is -0.496 e. The number of nitrogens with zero attached hydrogens (tertiary/aromatic N) is 3. The second-order valence-corrected chi connectivity index (χ2v) is 5.76. The zero-order valence-corrected chi connectivity index (χ0v) is 14.8. The number of nitriles is 1. The second kappa shape index (κ2) is 7.16. The summed E-state index contributed by atoms with van der Waals surface area (Å²) in [6.45, 7) is 11.9. The summed E-state index contributed by atoms with van der Waals surface area (Å²) in [5.74, 6) is 0.659. The van der Waals surface area contributed by atoms with E-state index >= 15 is 0 Å². The summed E-state index contributed by atoms with van der Waals surface area (Å²) < 4.78 is 11.3. The van der Waals surface area contributed by atoms with Crippen molar-refractivity contribution in [3.63, 3.8) is 0 Å². The fourth-order valence-corrected chi connectivity index (χ4v) is 3.18. The third-order valence-corrected chi connectivity index (χ3v) is 4.30. The molecule has 2 aromatic rings. The number of hydrogen-bond acceptors (Lipinski definition) is 5. The van der Waals surface area contributed by atoms with Crippen LogP contribution in [0.2, 0.25) is 0 Å². The van der Waals surface area contributed by atoms with Crippen LogP contribution in [0, 0.1) is 17.9 Å². The van der Waals surface area contributed by atoms with Gasteiger partial charge in [-0.05, 0) is 37.6 Å². The summed E-state index contributed by atoms with van der Waals surface area (Å²) in [7, 11) is 1.56. The number of pyridine rings is 1. The van der Waals surface area contributed by atoms with E-state index < -0.39 is 0 Å². The Morgan fingerprint density at radius 2 is 2.19 bits per heavy atom. The van der Waals surface area contributed by atoms with Crippen molar-refractivity contribution in [3.05, 3.63) is 70.0 Å². The Bertz CT molecular complexity index is 967. The summed E-state index contributed by atoms with van der Waals surface area (Å²) in [6.07, 6.45) is 1.68. The Labute approximate surface area is 152 Å². The van der Waals surface area contributed by atoms with E-state index in [-0.39, 0.29) is 5.92 Å². The molecule has 1 N–H and O–H groups in total. The quantitative estimate of drug-likeness (QED) is 0.845. The molecule has 1 aromatic carbocycles. The molecule has 130 valence electrons. The standard InChI is InChI=1S/C20H18N4O2/c1-5-26-20-18-15(8-9-23-20)24-12(2)19(22-3)17(18)14-7-6-13(11-21)10-16(14)25-4/h6-10,17,24H,5H2,1-2,4H3. The molecule has 1 unspecified atom stereocenters. The van der Waals surface area contributed by atoms with Gasteiger partial charge in [-0.3, -0.25) is 0 Å². The van der Waals surface area contributed by atoms with Crippen LogP contribution in [0.4, 0.5) is 5.69 Å². The van der Waals surface area contributed by atoms with E-state index in [2.05, 4.69) is 21.2 Å². The lowest BCUT2D eigenvalue weighted by Crippen LogP contribution is -2.18. The molecule has 26 heavy (non-hydrogen) atoms. The van der Waals surface area contributed by atoms with Gasteiger partial charge in [-0.25, -0.2) is 9.83 Å². The molecule has 1 aromatic heterocycles. The molecular formula is C20H18N4O2. The van der Waals surface area contributed by atoms with E-state index in [1.165, 1.54) is 0 Å². The molecule has 0 amide bonds. The number of benzene rings is 1. The maximum Gasteiger partial charge on any atom is 0.218 e. The van der Waals surface area contributed by atoms with Gasteiger partial charge in [0.15, 0.2) is 5.70 Å². The summed E-state index contributed by atoms with van der Waals surface area (Å²) in [5.41, 5.74) is 4.28. The number of anilines is 1. The van der Waals surface area contributed by atoms with Crippen molar-refractivity contribution >= 4 is 5.69 Å². The molecule has 3 rings (SSSR count). The number of allylic oxidation sites excluding steroid dienone is 2. The van der Waals surface area contributed by atoms with Gasteiger partial charge in [0.2, 0.25) is 5.88 Å². The number of fused-ring (bicyclic) bond motifs is 1. The Morgan fingerprint density at radius 3 is 2.85 bits per heavy atom. The maximum absolute atomic E-state index is 9.17. The summed E-state index contributed by atoms with van der Waals surface area (Å²) >= 11 is 0. The van der Waals surface area contributed by atoms with Gasteiger partial charge in [0, 0.05) is 23.1 Å². The predicted molar refractivity (Wildman–Crippen MR) is 97.9 cm³/mol. The molecular weight excluding hydrogens is 328 g/mol. The number of ether oxygens (including phenoxy) is 2. The van der Waals surface area contributed by atoms with Gasteiger partial charge < -0.3 is 14.8 Å². The van der Waals surface area contributed by atoms with Crippen LogP contribution in [-0.4, -0.2) is 18.7 Å². The molecule has 0 aliphatic carbocycles. The SMILES string of the molecule is [C-]#[N+]C1=C(C)Nc2ccnc(OCC)c2C1c1ccc(C#N)cc1OC. The maximum atomic E-state index is 9.17. The van der Waals surface area contributed by atoms with Gasteiger partial charge >= 0.3 is 0 Å². The first-order chi connectivity index (χ1) is 12.6.